The fourth-order valence-corrected chi connectivity index (χ4v) is 4.04. The molecule has 1 fully saturated rings. The van der Waals surface area contributed by atoms with Crippen LogP contribution in [0.4, 0.5) is 15.2 Å². The Kier molecular flexibility index (Phi) is 8.10. The Morgan fingerprint density at radius 3 is 2.37 bits per heavy atom. The highest BCUT2D eigenvalue weighted by atomic mass is 35.5. The van der Waals surface area contributed by atoms with Gasteiger partial charge in [0, 0.05) is 45.0 Å². The van der Waals surface area contributed by atoms with Crippen LogP contribution in [-0.4, -0.2) is 49.2 Å². The number of benzene rings is 2. The number of halogens is 3. The molecule has 0 amide bonds. The highest BCUT2D eigenvalue weighted by Gasteiger charge is 2.16. The van der Waals surface area contributed by atoms with E-state index in [0.29, 0.717) is 0 Å². The van der Waals surface area contributed by atoms with Gasteiger partial charge in [0.25, 0.3) is 0 Å². The Balaban J connectivity index is 0.00000131. The molecule has 4 rings (SSSR count). The summed E-state index contributed by atoms with van der Waals surface area (Å²) in [5.74, 6) is -0.177. The van der Waals surface area contributed by atoms with Crippen molar-refractivity contribution >= 4 is 57.2 Å². The summed E-state index contributed by atoms with van der Waals surface area (Å²) < 4.78 is 14.2. The monoisotopic (exact) mass is 428 g/mol. The Bertz CT molecular complexity index is 802. The molecule has 0 aliphatic carbocycles. The summed E-state index contributed by atoms with van der Waals surface area (Å²) in [6.07, 6.45) is 0. The van der Waals surface area contributed by atoms with E-state index in [2.05, 4.69) is 26.2 Å². The number of anilines is 2. The Morgan fingerprint density at radius 2 is 1.67 bits per heavy atom. The molecule has 1 aliphatic heterocycles. The lowest BCUT2D eigenvalue weighted by Gasteiger charge is -2.36. The molecule has 146 valence electrons. The van der Waals surface area contributed by atoms with E-state index in [1.54, 1.807) is 11.3 Å². The van der Waals surface area contributed by atoms with Crippen molar-refractivity contribution in [1.29, 1.82) is 0 Å². The van der Waals surface area contributed by atoms with Crippen LogP contribution < -0.4 is 10.2 Å². The van der Waals surface area contributed by atoms with Gasteiger partial charge in [0.1, 0.15) is 5.82 Å². The topological polar surface area (TPSA) is 31.4 Å². The van der Waals surface area contributed by atoms with Crippen LogP contribution in [0, 0.1) is 5.82 Å². The van der Waals surface area contributed by atoms with Crippen molar-refractivity contribution < 1.29 is 4.39 Å². The van der Waals surface area contributed by atoms with Crippen LogP contribution in [0.25, 0.3) is 10.2 Å². The summed E-state index contributed by atoms with van der Waals surface area (Å²) in [4.78, 5) is 9.38. The number of hydrogen-bond donors (Lipinski definition) is 1. The second-order valence-electron chi connectivity index (χ2n) is 6.22. The lowest BCUT2D eigenvalue weighted by Crippen LogP contribution is -2.47. The fraction of sp³-hybridized carbons (Fsp3) is 0.316. The maximum Gasteiger partial charge on any atom is 0.183 e. The molecule has 1 saturated heterocycles. The van der Waals surface area contributed by atoms with Gasteiger partial charge >= 0.3 is 0 Å². The van der Waals surface area contributed by atoms with Gasteiger partial charge < -0.3 is 10.2 Å². The van der Waals surface area contributed by atoms with Crippen LogP contribution in [0.2, 0.25) is 0 Å². The van der Waals surface area contributed by atoms with E-state index in [9.17, 15) is 4.39 Å². The van der Waals surface area contributed by atoms with Gasteiger partial charge in [0.15, 0.2) is 5.13 Å². The summed E-state index contributed by atoms with van der Waals surface area (Å²) in [5.41, 5.74) is 2.16. The highest BCUT2D eigenvalue weighted by Crippen LogP contribution is 2.25. The van der Waals surface area contributed by atoms with Gasteiger partial charge in [-0.3, -0.25) is 4.90 Å². The third-order valence-corrected chi connectivity index (χ3v) is 5.56. The maximum atomic E-state index is 13.0. The molecule has 0 bridgehead atoms. The minimum atomic E-state index is -0.177. The molecule has 1 N–H and O–H groups in total. The van der Waals surface area contributed by atoms with Gasteiger partial charge in [-0.15, -0.1) is 24.8 Å². The number of para-hydroxylation sites is 1. The van der Waals surface area contributed by atoms with Crippen LogP contribution in [0.5, 0.6) is 0 Å². The van der Waals surface area contributed by atoms with Crippen molar-refractivity contribution in [3.63, 3.8) is 0 Å². The first-order valence-corrected chi connectivity index (χ1v) is 9.42. The van der Waals surface area contributed by atoms with Crippen LogP contribution in [-0.2, 0) is 0 Å². The molecule has 0 radical (unpaired) electrons. The van der Waals surface area contributed by atoms with Gasteiger partial charge in [-0.2, -0.15) is 0 Å². The molecular weight excluding hydrogens is 406 g/mol. The first-order chi connectivity index (χ1) is 12.3. The SMILES string of the molecule is Cl.Cl.Fc1ccc(N2CCN(CCNc3nc4ccccc4s3)CC2)cc1. The van der Waals surface area contributed by atoms with Crippen molar-refractivity contribution in [1.82, 2.24) is 9.88 Å². The average molecular weight is 429 g/mol. The number of thiazole rings is 1. The van der Waals surface area contributed by atoms with Crippen LogP contribution in [0.3, 0.4) is 0 Å². The number of nitrogens with one attached hydrogen (secondary N) is 1. The third-order valence-electron chi connectivity index (χ3n) is 4.56. The summed E-state index contributed by atoms with van der Waals surface area (Å²) in [6, 6.07) is 15.0. The zero-order valence-corrected chi connectivity index (χ0v) is 17.3. The Morgan fingerprint density at radius 1 is 0.963 bits per heavy atom. The van der Waals surface area contributed by atoms with Crippen LogP contribution in [0.1, 0.15) is 0 Å². The molecule has 0 saturated carbocycles. The van der Waals surface area contributed by atoms with Gasteiger partial charge in [0.05, 0.1) is 10.2 Å². The Labute approximate surface area is 175 Å². The van der Waals surface area contributed by atoms with Crippen molar-refractivity contribution in [2.45, 2.75) is 0 Å². The molecular formula is C19H23Cl2FN4S. The molecule has 3 aromatic rings. The molecule has 8 heteroatoms. The second kappa shape index (κ2) is 10.1. The summed E-state index contributed by atoms with van der Waals surface area (Å²) in [7, 11) is 0. The molecule has 1 aromatic heterocycles. The zero-order chi connectivity index (χ0) is 17.1. The molecule has 27 heavy (non-hydrogen) atoms. The summed E-state index contributed by atoms with van der Waals surface area (Å²) >= 11 is 1.70. The van der Waals surface area contributed by atoms with Crippen molar-refractivity contribution in [3.8, 4) is 0 Å². The van der Waals surface area contributed by atoms with E-state index in [0.717, 1.165) is 55.6 Å². The molecule has 2 heterocycles. The van der Waals surface area contributed by atoms with Gasteiger partial charge in [-0.05, 0) is 36.4 Å². The van der Waals surface area contributed by atoms with Crippen LogP contribution >= 0.6 is 36.2 Å². The van der Waals surface area contributed by atoms with Crippen molar-refractivity contribution in [2.24, 2.45) is 0 Å². The van der Waals surface area contributed by atoms with Gasteiger partial charge in [-0.1, -0.05) is 23.5 Å². The van der Waals surface area contributed by atoms with E-state index in [1.807, 2.05) is 30.3 Å². The van der Waals surface area contributed by atoms with Gasteiger partial charge in [0.2, 0.25) is 0 Å². The summed E-state index contributed by atoms with van der Waals surface area (Å²) in [5, 5.41) is 4.43. The average Bonchev–Trinajstić information content (AvgIpc) is 3.06. The Hall–Kier alpha value is -1.60. The number of fused-ring (bicyclic) bond motifs is 1. The number of hydrogen-bond acceptors (Lipinski definition) is 5. The largest absolute Gasteiger partial charge is 0.369 e. The molecule has 0 unspecified atom stereocenters. The predicted octanol–water partition coefficient (Wildman–Crippen LogP) is 4.51. The summed E-state index contributed by atoms with van der Waals surface area (Å²) in [6.45, 7) is 5.92. The smallest absolute Gasteiger partial charge is 0.183 e. The van der Waals surface area contributed by atoms with E-state index < -0.39 is 0 Å². The number of nitrogens with zero attached hydrogens (tertiary/aromatic N) is 3. The van der Waals surface area contributed by atoms with Crippen molar-refractivity contribution in [3.05, 3.63) is 54.3 Å². The number of rotatable bonds is 5. The first-order valence-electron chi connectivity index (χ1n) is 8.60. The minimum Gasteiger partial charge on any atom is -0.369 e. The molecule has 0 atom stereocenters. The van der Waals surface area contributed by atoms with E-state index >= 15 is 0 Å². The molecule has 1 aliphatic rings. The van der Waals surface area contributed by atoms with Gasteiger partial charge in [-0.25, -0.2) is 9.37 Å². The van der Waals surface area contributed by atoms with E-state index in [4.69, 9.17) is 0 Å². The third kappa shape index (κ3) is 5.45. The zero-order valence-electron chi connectivity index (χ0n) is 14.8. The van der Waals surface area contributed by atoms with E-state index in [1.165, 1.54) is 16.8 Å². The number of piperazine rings is 1. The van der Waals surface area contributed by atoms with Crippen molar-refractivity contribution in [2.75, 3.05) is 49.5 Å². The lowest BCUT2D eigenvalue weighted by atomic mass is 10.2. The standard InChI is InChI=1S/C19H21FN4S.2ClH/c20-15-5-7-16(8-6-15)24-13-11-23(12-14-24)10-9-21-19-22-17-3-1-2-4-18(17)25-19;;/h1-8H,9-14H2,(H,21,22);2*1H. The fourth-order valence-electron chi connectivity index (χ4n) is 3.15. The molecule has 4 nitrogen and oxygen atoms in total. The quantitative estimate of drug-likeness (QED) is 0.647. The highest BCUT2D eigenvalue weighted by molar-refractivity contribution is 7.22. The first kappa shape index (κ1) is 21.7. The maximum absolute atomic E-state index is 13.0. The normalized spacial score (nSPS) is 14.5. The van der Waals surface area contributed by atoms with Crippen LogP contribution in [0.15, 0.2) is 48.5 Å². The lowest BCUT2D eigenvalue weighted by molar-refractivity contribution is 0.267. The number of aromatic nitrogens is 1. The minimum absolute atomic E-state index is 0. The molecule has 2 aromatic carbocycles. The second-order valence-corrected chi connectivity index (χ2v) is 7.25. The predicted molar refractivity (Wildman–Crippen MR) is 118 cm³/mol. The molecule has 0 spiro atoms. The van der Waals surface area contributed by atoms with E-state index in [-0.39, 0.29) is 30.6 Å².